The molecule has 1 aromatic carbocycles. The van der Waals surface area contributed by atoms with Crippen molar-refractivity contribution in [3.63, 3.8) is 0 Å². The van der Waals surface area contributed by atoms with Crippen molar-refractivity contribution in [3.8, 4) is 11.6 Å². The largest absolute Gasteiger partial charge is 0.437 e. The van der Waals surface area contributed by atoms with E-state index in [1.54, 1.807) is 32.2 Å². The van der Waals surface area contributed by atoms with Crippen molar-refractivity contribution in [1.29, 1.82) is 0 Å². The number of aryl methyl sites for hydroxylation is 2. The summed E-state index contributed by atoms with van der Waals surface area (Å²) < 4.78 is 29.6. The van der Waals surface area contributed by atoms with Gasteiger partial charge in [-0.25, -0.2) is 18.2 Å². The molecule has 0 amide bonds. The number of ether oxygens (including phenoxy) is 1. The molecule has 0 spiro atoms. The van der Waals surface area contributed by atoms with Crippen molar-refractivity contribution in [2.24, 2.45) is 12.2 Å². The van der Waals surface area contributed by atoms with Crippen molar-refractivity contribution in [1.82, 2.24) is 9.78 Å². The van der Waals surface area contributed by atoms with Crippen LogP contribution in [0.4, 0.5) is 0 Å². The van der Waals surface area contributed by atoms with Gasteiger partial charge in [0.15, 0.2) is 0 Å². The molecule has 0 atom stereocenters. The van der Waals surface area contributed by atoms with Crippen molar-refractivity contribution >= 4 is 33.2 Å². The van der Waals surface area contributed by atoms with E-state index < -0.39 is 10.0 Å². The van der Waals surface area contributed by atoms with Crippen LogP contribution in [-0.4, -0.2) is 24.0 Å². The van der Waals surface area contributed by atoms with E-state index in [4.69, 9.17) is 33.1 Å². The Morgan fingerprint density at radius 1 is 1.36 bits per heavy atom. The molecular formula is C13H15Cl2N3O3S. The molecule has 2 aromatic rings. The van der Waals surface area contributed by atoms with Crippen molar-refractivity contribution in [2.45, 2.75) is 13.3 Å². The van der Waals surface area contributed by atoms with Crippen LogP contribution in [0.2, 0.25) is 10.0 Å². The number of nitrogens with two attached hydrogens (primary N) is 1. The van der Waals surface area contributed by atoms with Crippen LogP contribution in [0.1, 0.15) is 11.3 Å². The van der Waals surface area contributed by atoms with Gasteiger partial charge in [0.25, 0.3) is 0 Å². The summed E-state index contributed by atoms with van der Waals surface area (Å²) in [4.78, 5) is 0. The maximum absolute atomic E-state index is 11.2. The molecule has 2 rings (SSSR count). The zero-order valence-corrected chi connectivity index (χ0v) is 14.3. The van der Waals surface area contributed by atoms with Gasteiger partial charge in [0.2, 0.25) is 15.9 Å². The van der Waals surface area contributed by atoms with Gasteiger partial charge in [-0.2, -0.15) is 5.10 Å². The predicted molar refractivity (Wildman–Crippen MR) is 86.2 cm³/mol. The maximum Gasteiger partial charge on any atom is 0.221 e. The lowest BCUT2D eigenvalue weighted by Crippen LogP contribution is -2.18. The van der Waals surface area contributed by atoms with Gasteiger partial charge in [-0.15, -0.1) is 0 Å². The molecule has 0 aliphatic rings. The van der Waals surface area contributed by atoms with Gasteiger partial charge in [-0.05, 0) is 31.5 Å². The molecule has 2 N–H and O–H groups in total. The average Bonchev–Trinajstić information content (AvgIpc) is 2.64. The van der Waals surface area contributed by atoms with E-state index in [1.807, 2.05) is 0 Å². The Morgan fingerprint density at radius 3 is 2.64 bits per heavy atom. The Labute approximate surface area is 138 Å². The van der Waals surface area contributed by atoms with E-state index in [2.05, 4.69) is 5.10 Å². The summed E-state index contributed by atoms with van der Waals surface area (Å²) in [6.45, 7) is 1.77. The maximum atomic E-state index is 11.2. The first kappa shape index (κ1) is 17.1. The number of aromatic nitrogens is 2. The molecule has 22 heavy (non-hydrogen) atoms. The minimum atomic E-state index is -3.57. The van der Waals surface area contributed by atoms with Gasteiger partial charge >= 0.3 is 0 Å². The number of hydrogen-bond donors (Lipinski definition) is 1. The summed E-state index contributed by atoms with van der Waals surface area (Å²) in [6, 6.07) is 4.85. The number of benzene rings is 1. The van der Waals surface area contributed by atoms with Crippen LogP contribution in [0.3, 0.4) is 0 Å². The van der Waals surface area contributed by atoms with Gasteiger partial charge in [0, 0.05) is 17.6 Å². The first-order chi connectivity index (χ1) is 10.2. The van der Waals surface area contributed by atoms with Gasteiger partial charge in [0.1, 0.15) is 5.75 Å². The number of hydrogen-bond acceptors (Lipinski definition) is 4. The third-order valence-electron chi connectivity index (χ3n) is 3.03. The third kappa shape index (κ3) is 4.13. The topological polar surface area (TPSA) is 87.2 Å². The molecule has 0 aliphatic carbocycles. The molecule has 1 heterocycles. The molecule has 0 unspecified atom stereocenters. The highest BCUT2D eigenvalue weighted by atomic mass is 35.5. The summed E-state index contributed by atoms with van der Waals surface area (Å²) >= 11 is 11.9. The molecule has 6 nitrogen and oxygen atoms in total. The Bertz CT molecular complexity index is 803. The average molecular weight is 364 g/mol. The minimum absolute atomic E-state index is 0.190. The van der Waals surface area contributed by atoms with Gasteiger partial charge < -0.3 is 4.74 Å². The molecule has 0 saturated carbocycles. The van der Waals surface area contributed by atoms with Gasteiger partial charge in [0.05, 0.1) is 16.5 Å². The number of rotatable bonds is 5. The summed E-state index contributed by atoms with van der Waals surface area (Å²) in [5.74, 6) is 0.640. The lowest BCUT2D eigenvalue weighted by molar-refractivity contribution is 0.426. The second-order valence-corrected chi connectivity index (χ2v) is 7.36. The van der Waals surface area contributed by atoms with E-state index in [9.17, 15) is 8.42 Å². The van der Waals surface area contributed by atoms with Crippen LogP contribution in [0.25, 0.3) is 0 Å². The lowest BCUT2D eigenvalue weighted by Gasteiger charge is -2.10. The van der Waals surface area contributed by atoms with E-state index in [-0.39, 0.29) is 12.2 Å². The SMILES string of the molecule is Cc1nn(C)c(Oc2ccc(Cl)cc2Cl)c1CCS(N)(=O)=O. The van der Waals surface area contributed by atoms with Crippen LogP contribution in [0.15, 0.2) is 18.2 Å². The Balaban J connectivity index is 2.34. The standard InChI is InChI=1S/C13H15Cl2N3O3S/c1-8-10(5-6-22(16,19)20)13(18(2)17-8)21-12-4-3-9(14)7-11(12)15/h3-4,7H,5-6H2,1-2H3,(H2,16,19,20). The molecule has 9 heteroatoms. The number of primary sulfonamides is 1. The van der Waals surface area contributed by atoms with E-state index in [1.165, 1.54) is 4.68 Å². The summed E-state index contributed by atoms with van der Waals surface area (Å²) in [5.41, 5.74) is 1.34. The van der Waals surface area contributed by atoms with Crippen molar-refractivity contribution in [3.05, 3.63) is 39.5 Å². The summed E-state index contributed by atoms with van der Waals surface area (Å²) in [5, 5.41) is 10.1. The quantitative estimate of drug-likeness (QED) is 0.884. The molecular weight excluding hydrogens is 349 g/mol. The zero-order valence-electron chi connectivity index (χ0n) is 12.0. The van der Waals surface area contributed by atoms with Crippen LogP contribution < -0.4 is 9.88 Å². The molecule has 0 aliphatic heterocycles. The fourth-order valence-corrected chi connectivity index (χ4v) is 2.94. The molecule has 120 valence electrons. The van der Waals surface area contributed by atoms with E-state index in [0.717, 1.165) is 0 Å². The molecule has 1 aromatic heterocycles. The summed E-state index contributed by atoms with van der Waals surface area (Å²) in [7, 11) is -1.87. The van der Waals surface area contributed by atoms with E-state index in [0.29, 0.717) is 32.9 Å². The highest BCUT2D eigenvalue weighted by Crippen LogP contribution is 2.34. The van der Waals surface area contributed by atoms with Crippen LogP contribution >= 0.6 is 23.2 Å². The first-order valence-electron chi connectivity index (χ1n) is 6.33. The smallest absolute Gasteiger partial charge is 0.221 e. The van der Waals surface area contributed by atoms with Gasteiger partial charge in [-0.1, -0.05) is 23.2 Å². The Morgan fingerprint density at radius 2 is 2.05 bits per heavy atom. The molecule has 0 bridgehead atoms. The fourth-order valence-electron chi connectivity index (χ4n) is 2.00. The summed E-state index contributed by atoms with van der Waals surface area (Å²) in [6.07, 6.45) is 0.207. The highest BCUT2D eigenvalue weighted by Gasteiger charge is 2.18. The highest BCUT2D eigenvalue weighted by molar-refractivity contribution is 7.89. The third-order valence-corrected chi connectivity index (χ3v) is 4.33. The fraction of sp³-hybridized carbons (Fsp3) is 0.308. The van der Waals surface area contributed by atoms with Gasteiger partial charge in [-0.3, -0.25) is 0 Å². The Kier molecular flexibility index (Phi) is 5.01. The monoisotopic (exact) mass is 363 g/mol. The molecule has 0 saturated heterocycles. The number of halogens is 2. The number of nitrogens with zero attached hydrogens (tertiary/aromatic N) is 2. The first-order valence-corrected chi connectivity index (χ1v) is 8.80. The van der Waals surface area contributed by atoms with Crippen molar-refractivity contribution < 1.29 is 13.2 Å². The van der Waals surface area contributed by atoms with Crippen LogP contribution in [-0.2, 0) is 23.5 Å². The predicted octanol–water partition coefficient (Wildman–Crippen LogP) is 2.66. The molecule has 0 fully saturated rings. The van der Waals surface area contributed by atoms with E-state index >= 15 is 0 Å². The van der Waals surface area contributed by atoms with Crippen molar-refractivity contribution in [2.75, 3.05) is 5.75 Å². The van der Waals surface area contributed by atoms with Crippen LogP contribution in [0.5, 0.6) is 11.6 Å². The zero-order chi connectivity index (χ0) is 16.5. The normalized spacial score (nSPS) is 11.7. The van der Waals surface area contributed by atoms with Crippen LogP contribution in [0, 0.1) is 6.92 Å². The second-order valence-electron chi connectivity index (χ2n) is 4.79. The Hall–Kier alpha value is -1.28. The lowest BCUT2D eigenvalue weighted by atomic mass is 10.2. The molecule has 0 radical (unpaired) electrons. The number of sulfonamides is 1. The second kappa shape index (κ2) is 6.45. The minimum Gasteiger partial charge on any atom is -0.437 e.